The number of hydrogen-bond acceptors (Lipinski definition) is 6. The molecule has 6 nitrogen and oxygen atoms in total. The number of nitrogens with zero attached hydrogens (tertiary/aromatic N) is 4. The average molecular weight is 279 g/mol. The summed E-state index contributed by atoms with van der Waals surface area (Å²) in [5.41, 5.74) is 0. The highest BCUT2D eigenvalue weighted by molar-refractivity contribution is 7.13. The Labute approximate surface area is 116 Å². The predicted molar refractivity (Wildman–Crippen MR) is 74.0 cm³/mol. The van der Waals surface area contributed by atoms with Crippen LogP contribution in [0.4, 0.5) is 5.13 Å². The predicted octanol–water partition coefficient (Wildman–Crippen LogP) is 0.295. The Morgan fingerprint density at radius 1 is 1.47 bits per heavy atom. The fourth-order valence-corrected chi connectivity index (χ4v) is 2.68. The van der Waals surface area contributed by atoms with Crippen LogP contribution in [0.25, 0.3) is 0 Å². The Kier molecular flexibility index (Phi) is 5.12. The first-order valence-corrected chi connectivity index (χ1v) is 7.18. The van der Waals surface area contributed by atoms with Gasteiger partial charge in [-0.2, -0.15) is 5.26 Å². The number of anilines is 1. The lowest BCUT2D eigenvalue weighted by molar-refractivity contribution is -0.122. The minimum atomic E-state index is -0.00190. The van der Waals surface area contributed by atoms with Crippen LogP contribution in [0, 0.1) is 11.3 Å². The van der Waals surface area contributed by atoms with Crippen molar-refractivity contribution in [3.05, 3.63) is 11.6 Å². The van der Waals surface area contributed by atoms with Crippen molar-refractivity contribution in [1.29, 1.82) is 5.26 Å². The second kappa shape index (κ2) is 7.07. The summed E-state index contributed by atoms with van der Waals surface area (Å²) in [6.45, 7) is 4.39. The van der Waals surface area contributed by atoms with E-state index in [1.807, 2.05) is 17.6 Å². The van der Waals surface area contributed by atoms with E-state index in [1.165, 1.54) is 0 Å². The molecule has 0 bridgehead atoms. The highest BCUT2D eigenvalue weighted by Crippen LogP contribution is 2.18. The van der Waals surface area contributed by atoms with Gasteiger partial charge in [0.05, 0.1) is 19.0 Å². The van der Waals surface area contributed by atoms with Gasteiger partial charge in [0.25, 0.3) is 0 Å². The number of amides is 1. The summed E-state index contributed by atoms with van der Waals surface area (Å²) in [6.07, 6.45) is 2.18. The highest BCUT2D eigenvalue weighted by Gasteiger charge is 2.19. The normalized spacial score (nSPS) is 16.1. The molecule has 0 atom stereocenters. The van der Waals surface area contributed by atoms with Crippen LogP contribution in [0.2, 0.25) is 0 Å². The summed E-state index contributed by atoms with van der Waals surface area (Å²) in [5, 5.41) is 14.2. The van der Waals surface area contributed by atoms with Gasteiger partial charge in [0.2, 0.25) is 5.91 Å². The average Bonchev–Trinajstić information content (AvgIpc) is 2.94. The standard InChI is InChI=1S/C12H17N5OS/c13-2-1-3-14-11(18)10-16-5-7-17(8-6-16)12-15-4-9-19-12/h4,9H,1,3,5-8,10H2,(H,14,18). The minimum absolute atomic E-state index is 0.00190. The summed E-state index contributed by atoms with van der Waals surface area (Å²) >= 11 is 1.64. The molecule has 2 rings (SSSR count). The lowest BCUT2D eigenvalue weighted by Crippen LogP contribution is -2.49. The van der Waals surface area contributed by atoms with Crippen molar-refractivity contribution >= 4 is 22.4 Å². The van der Waals surface area contributed by atoms with Gasteiger partial charge in [-0.05, 0) is 0 Å². The lowest BCUT2D eigenvalue weighted by atomic mass is 10.3. The molecule has 1 aliphatic heterocycles. The number of piperazine rings is 1. The molecule has 1 saturated heterocycles. The number of rotatable bonds is 5. The van der Waals surface area contributed by atoms with Crippen molar-refractivity contribution in [3.8, 4) is 6.07 Å². The van der Waals surface area contributed by atoms with Crippen LogP contribution >= 0.6 is 11.3 Å². The van der Waals surface area contributed by atoms with E-state index in [0.29, 0.717) is 19.5 Å². The molecule has 1 N–H and O–H groups in total. The Balaban J connectivity index is 1.69. The topological polar surface area (TPSA) is 72.3 Å². The van der Waals surface area contributed by atoms with Gasteiger partial charge >= 0.3 is 0 Å². The van der Waals surface area contributed by atoms with Crippen molar-refractivity contribution in [2.24, 2.45) is 0 Å². The van der Waals surface area contributed by atoms with Crippen LogP contribution in [0.1, 0.15) is 6.42 Å². The van der Waals surface area contributed by atoms with E-state index in [1.54, 1.807) is 11.3 Å². The summed E-state index contributed by atoms with van der Waals surface area (Å²) in [6, 6.07) is 2.01. The Morgan fingerprint density at radius 3 is 2.89 bits per heavy atom. The van der Waals surface area contributed by atoms with Gasteiger partial charge in [-0.15, -0.1) is 11.3 Å². The molecule has 1 aromatic rings. The fourth-order valence-electron chi connectivity index (χ4n) is 1.99. The summed E-state index contributed by atoms with van der Waals surface area (Å²) in [7, 11) is 0. The van der Waals surface area contributed by atoms with Crippen LogP contribution in [0.5, 0.6) is 0 Å². The van der Waals surface area contributed by atoms with E-state index < -0.39 is 0 Å². The summed E-state index contributed by atoms with van der Waals surface area (Å²) in [5.74, 6) is -0.00190. The van der Waals surface area contributed by atoms with E-state index in [-0.39, 0.29) is 5.91 Å². The molecule has 0 radical (unpaired) electrons. The number of carbonyl (C=O) groups excluding carboxylic acids is 1. The monoisotopic (exact) mass is 279 g/mol. The SMILES string of the molecule is N#CCCNC(=O)CN1CCN(c2nccs2)CC1. The fraction of sp³-hybridized carbons (Fsp3) is 0.583. The number of aromatic nitrogens is 1. The number of nitrogens with one attached hydrogen (secondary N) is 1. The van der Waals surface area contributed by atoms with E-state index in [0.717, 1.165) is 31.3 Å². The van der Waals surface area contributed by atoms with Gasteiger partial charge in [-0.1, -0.05) is 0 Å². The molecule has 7 heteroatoms. The van der Waals surface area contributed by atoms with Gasteiger partial charge in [-0.25, -0.2) is 4.98 Å². The molecule has 102 valence electrons. The number of hydrogen-bond donors (Lipinski definition) is 1. The van der Waals surface area contributed by atoms with E-state index >= 15 is 0 Å². The molecule has 19 heavy (non-hydrogen) atoms. The number of thiazole rings is 1. The molecule has 1 aromatic heterocycles. The third kappa shape index (κ3) is 4.19. The molecule has 1 amide bonds. The largest absolute Gasteiger partial charge is 0.354 e. The maximum absolute atomic E-state index is 11.6. The zero-order chi connectivity index (χ0) is 13.5. The molecular formula is C12H17N5OS. The van der Waals surface area contributed by atoms with Gasteiger partial charge in [0, 0.05) is 44.3 Å². The van der Waals surface area contributed by atoms with Gasteiger partial charge < -0.3 is 10.2 Å². The van der Waals surface area contributed by atoms with Gasteiger partial charge in [0.1, 0.15) is 0 Å². The smallest absolute Gasteiger partial charge is 0.234 e. The van der Waals surface area contributed by atoms with Gasteiger partial charge in [0.15, 0.2) is 5.13 Å². The number of carbonyl (C=O) groups is 1. The van der Waals surface area contributed by atoms with Crippen LogP contribution in [-0.2, 0) is 4.79 Å². The molecule has 0 unspecified atom stereocenters. The van der Waals surface area contributed by atoms with Crippen LogP contribution < -0.4 is 10.2 Å². The first-order valence-electron chi connectivity index (χ1n) is 6.30. The molecule has 0 aliphatic carbocycles. The molecule has 2 heterocycles. The quantitative estimate of drug-likeness (QED) is 0.785. The molecule has 1 fully saturated rings. The second-order valence-corrected chi connectivity index (χ2v) is 5.21. The van der Waals surface area contributed by atoms with Crippen molar-refractivity contribution in [3.63, 3.8) is 0 Å². The maximum atomic E-state index is 11.6. The van der Waals surface area contributed by atoms with Crippen LogP contribution in [-0.4, -0.2) is 55.1 Å². The Bertz CT molecular complexity index is 433. The minimum Gasteiger partial charge on any atom is -0.354 e. The zero-order valence-electron chi connectivity index (χ0n) is 10.7. The third-order valence-electron chi connectivity index (χ3n) is 2.99. The Morgan fingerprint density at radius 2 is 2.26 bits per heavy atom. The molecule has 0 spiro atoms. The highest BCUT2D eigenvalue weighted by atomic mass is 32.1. The lowest BCUT2D eigenvalue weighted by Gasteiger charge is -2.34. The van der Waals surface area contributed by atoms with Gasteiger partial charge in [-0.3, -0.25) is 9.69 Å². The molecule has 1 aliphatic rings. The third-order valence-corrected chi connectivity index (χ3v) is 3.82. The van der Waals surface area contributed by atoms with E-state index in [9.17, 15) is 4.79 Å². The molecular weight excluding hydrogens is 262 g/mol. The maximum Gasteiger partial charge on any atom is 0.234 e. The van der Waals surface area contributed by atoms with E-state index in [4.69, 9.17) is 5.26 Å². The molecule has 0 aromatic carbocycles. The van der Waals surface area contributed by atoms with Crippen molar-refractivity contribution in [1.82, 2.24) is 15.2 Å². The summed E-state index contributed by atoms with van der Waals surface area (Å²) in [4.78, 5) is 20.3. The van der Waals surface area contributed by atoms with Crippen LogP contribution in [0.3, 0.4) is 0 Å². The first kappa shape index (κ1) is 13.8. The molecule has 0 saturated carbocycles. The first-order chi connectivity index (χ1) is 9.29. The number of nitriles is 1. The van der Waals surface area contributed by atoms with Crippen molar-refractivity contribution < 1.29 is 4.79 Å². The Hall–Kier alpha value is -1.65. The summed E-state index contributed by atoms with van der Waals surface area (Å²) < 4.78 is 0. The van der Waals surface area contributed by atoms with Crippen molar-refractivity contribution in [2.45, 2.75) is 6.42 Å². The van der Waals surface area contributed by atoms with E-state index in [2.05, 4.69) is 20.1 Å². The van der Waals surface area contributed by atoms with Crippen LogP contribution in [0.15, 0.2) is 11.6 Å². The zero-order valence-corrected chi connectivity index (χ0v) is 11.5. The van der Waals surface area contributed by atoms with Crippen molar-refractivity contribution in [2.75, 3.05) is 44.2 Å². The second-order valence-electron chi connectivity index (χ2n) is 4.34.